The first-order valence-electron chi connectivity index (χ1n) is 7.28. The fraction of sp³-hybridized carbons (Fsp3) is 0.222. The van der Waals surface area contributed by atoms with Crippen LogP contribution in [0.25, 0.3) is 0 Å². The first-order chi connectivity index (χ1) is 10.6. The van der Waals surface area contributed by atoms with Crippen molar-refractivity contribution < 1.29 is 9.59 Å². The summed E-state index contributed by atoms with van der Waals surface area (Å²) in [5, 5.41) is 2.94. The highest BCUT2D eigenvalue weighted by molar-refractivity contribution is 7.99. The standard InChI is InChI=1S/C18H17NO2S/c1-12-5-7-13(8-6-12)11-19-18(21)15-4-2-3-14-16(20)9-10-22-17(14)15/h2-8H,9-11H2,1H3,(H,19,21). The SMILES string of the molecule is Cc1ccc(CNC(=O)c2cccc3c2SCCC3=O)cc1. The Balaban J connectivity index is 1.77. The van der Waals surface area contributed by atoms with Crippen LogP contribution >= 0.6 is 11.8 Å². The van der Waals surface area contributed by atoms with Gasteiger partial charge in [-0.3, -0.25) is 9.59 Å². The first kappa shape index (κ1) is 14.9. The molecule has 1 amide bonds. The monoisotopic (exact) mass is 311 g/mol. The highest BCUT2D eigenvalue weighted by Crippen LogP contribution is 2.32. The van der Waals surface area contributed by atoms with Gasteiger partial charge >= 0.3 is 0 Å². The van der Waals surface area contributed by atoms with Crippen LogP contribution in [0.2, 0.25) is 0 Å². The van der Waals surface area contributed by atoms with Crippen molar-refractivity contribution in [2.24, 2.45) is 0 Å². The molecule has 3 rings (SSSR count). The van der Waals surface area contributed by atoms with Crippen molar-refractivity contribution >= 4 is 23.5 Å². The fourth-order valence-corrected chi connectivity index (χ4v) is 3.60. The molecule has 112 valence electrons. The van der Waals surface area contributed by atoms with E-state index in [1.807, 2.05) is 31.2 Å². The first-order valence-corrected chi connectivity index (χ1v) is 8.26. The van der Waals surface area contributed by atoms with Crippen LogP contribution in [0.1, 0.15) is 38.3 Å². The average molecular weight is 311 g/mol. The third kappa shape index (κ3) is 3.07. The van der Waals surface area contributed by atoms with Gasteiger partial charge in [0.1, 0.15) is 0 Å². The maximum atomic E-state index is 12.4. The number of amides is 1. The van der Waals surface area contributed by atoms with Crippen LogP contribution < -0.4 is 5.32 Å². The molecule has 0 radical (unpaired) electrons. The van der Waals surface area contributed by atoms with Gasteiger partial charge in [0.25, 0.3) is 5.91 Å². The zero-order valence-electron chi connectivity index (χ0n) is 12.4. The molecule has 1 aliphatic heterocycles. The summed E-state index contributed by atoms with van der Waals surface area (Å²) in [6, 6.07) is 13.4. The van der Waals surface area contributed by atoms with Crippen LogP contribution in [-0.4, -0.2) is 17.4 Å². The van der Waals surface area contributed by atoms with Gasteiger partial charge in [-0.05, 0) is 18.6 Å². The summed E-state index contributed by atoms with van der Waals surface area (Å²) in [6.07, 6.45) is 0.548. The number of rotatable bonds is 3. The van der Waals surface area contributed by atoms with E-state index in [1.54, 1.807) is 30.0 Å². The van der Waals surface area contributed by atoms with E-state index in [-0.39, 0.29) is 11.7 Å². The molecule has 0 fully saturated rings. The van der Waals surface area contributed by atoms with Crippen LogP contribution in [0, 0.1) is 6.92 Å². The molecule has 2 aromatic rings. The topological polar surface area (TPSA) is 46.2 Å². The minimum Gasteiger partial charge on any atom is -0.348 e. The lowest BCUT2D eigenvalue weighted by atomic mass is 10.0. The summed E-state index contributed by atoms with van der Waals surface area (Å²) in [5.41, 5.74) is 3.54. The number of aryl methyl sites for hydroxylation is 1. The molecule has 1 N–H and O–H groups in total. The molecule has 2 aromatic carbocycles. The normalized spacial score (nSPS) is 13.6. The van der Waals surface area contributed by atoms with Gasteiger partial charge in [-0.2, -0.15) is 0 Å². The Labute approximate surface area is 134 Å². The van der Waals surface area contributed by atoms with E-state index in [0.29, 0.717) is 24.1 Å². The van der Waals surface area contributed by atoms with Crippen LogP contribution in [0.5, 0.6) is 0 Å². The number of thioether (sulfide) groups is 1. The van der Waals surface area contributed by atoms with E-state index in [0.717, 1.165) is 16.2 Å². The molecule has 0 spiro atoms. The van der Waals surface area contributed by atoms with E-state index in [2.05, 4.69) is 5.32 Å². The molecule has 0 saturated carbocycles. The lowest BCUT2D eigenvalue weighted by molar-refractivity contribution is 0.0947. The summed E-state index contributed by atoms with van der Waals surface area (Å²) in [7, 11) is 0. The Morgan fingerprint density at radius 1 is 1.18 bits per heavy atom. The molecular weight excluding hydrogens is 294 g/mol. The van der Waals surface area contributed by atoms with Crippen molar-refractivity contribution in [2.75, 3.05) is 5.75 Å². The summed E-state index contributed by atoms with van der Waals surface area (Å²) >= 11 is 1.59. The average Bonchev–Trinajstić information content (AvgIpc) is 2.54. The maximum Gasteiger partial charge on any atom is 0.252 e. The fourth-order valence-electron chi connectivity index (χ4n) is 2.45. The number of nitrogens with one attached hydrogen (secondary N) is 1. The van der Waals surface area contributed by atoms with E-state index >= 15 is 0 Å². The van der Waals surface area contributed by atoms with E-state index in [4.69, 9.17) is 0 Å². The summed E-state index contributed by atoms with van der Waals surface area (Å²) in [5.74, 6) is 0.746. The predicted octanol–water partition coefficient (Wildman–Crippen LogP) is 3.60. The maximum absolute atomic E-state index is 12.4. The zero-order valence-corrected chi connectivity index (χ0v) is 13.2. The van der Waals surface area contributed by atoms with Gasteiger partial charge in [-0.1, -0.05) is 42.0 Å². The van der Waals surface area contributed by atoms with Gasteiger partial charge in [-0.25, -0.2) is 0 Å². The lowest BCUT2D eigenvalue weighted by Gasteiger charge is -2.17. The van der Waals surface area contributed by atoms with Crippen LogP contribution in [-0.2, 0) is 6.54 Å². The number of hydrogen-bond donors (Lipinski definition) is 1. The van der Waals surface area contributed by atoms with Gasteiger partial charge < -0.3 is 5.32 Å². The molecule has 0 atom stereocenters. The molecule has 0 saturated heterocycles. The minimum absolute atomic E-state index is 0.125. The van der Waals surface area contributed by atoms with Crippen molar-refractivity contribution in [1.82, 2.24) is 5.32 Å². The third-order valence-corrected chi connectivity index (χ3v) is 4.85. The van der Waals surface area contributed by atoms with Crippen molar-refractivity contribution in [3.05, 3.63) is 64.7 Å². The second kappa shape index (κ2) is 6.36. The number of ketones is 1. The van der Waals surface area contributed by atoms with E-state index in [9.17, 15) is 9.59 Å². The van der Waals surface area contributed by atoms with Gasteiger partial charge in [0.05, 0.1) is 5.56 Å². The summed E-state index contributed by atoms with van der Waals surface area (Å²) in [6.45, 7) is 2.52. The highest BCUT2D eigenvalue weighted by atomic mass is 32.2. The zero-order chi connectivity index (χ0) is 15.5. The Morgan fingerprint density at radius 2 is 1.95 bits per heavy atom. The number of benzene rings is 2. The lowest BCUT2D eigenvalue weighted by Crippen LogP contribution is -2.24. The Hall–Kier alpha value is -2.07. The number of Topliss-reactive ketones (excluding diaryl/α,β-unsaturated/α-hetero) is 1. The molecule has 0 aliphatic carbocycles. The quantitative estimate of drug-likeness (QED) is 0.942. The summed E-state index contributed by atoms with van der Waals surface area (Å²) < 4.78 is 0. The Kier molecular flexibility index (Phi) is 4.29. The van der Waals surface area contributed by atoms with Crippen LogP contribution in [0.3, 0.4) is 0 Å². The number of carbonyl (C=O) groups excluding carboxylic acids is 2. The van der Waals surface area contributed by atoms with E-state index < -0.39 is 0 Å². The number of hydrogen-bond acceptors (Lipinski definition) is 3. The number of fused-ring (bicyclic) bond motifs is 1. The van der Waals surface area contributed by atoms with Gasteiger partial charge in [-0.15, -0.1) is 11.8 Å². The molecule has 22 heavy (non-hydrogen) atoms. The third-order valence-electron chi connectivity index (χ3n) is 3.71. The van der Waals surface area contributed by atoms with Crippen molar-refractivity contribution in [1.29, 1.82) is 0 Å². The van der Waals surface area contributed by atoms with Crippen molar-refractivity contribution in [3.63, 3.8) is 0 Å². The molecular formula is C18H17NO2S. The molecule has 1 heterocycles. The predicted molar refractivity (Wildman–Crippen MR) is 88.5 cm³/mol. The molecule has 3 nitrogen and oxygen atoms in total. The minimum atomic E-state index is -0.125. The molecule has 0 bridgehead atoms. The Morgan fingerprint density at radius 3 is 2.73 bits per heavy atom. The second-order valence-corrected chi connectivity index (χ2v) is 6.48. The number of carbonyl (C=O) groups is 2. The molecule has 0 unspecified atom stereocenters. The van der Waals surface area contributed by atoms with Crippen molar-refractivity contribution in [3.8, 4) is 0 Å². The largest absolute Gasteiger partial charge is 0.348 e. The molecule has 1 aliphatic rings. The smallest absolute Gasteiger partial charge is 0.252 e. The van der Waals surface area contributed by atoms with Gasteiger partial charge in [0.2, 0.25) is 0 Å². The second-order valence-electron chi connectivity index (χ2n) is 5.37. The summed E-state index contributed by atoms with van der Waals surface area (Å²) in [4.78, 5) is 25.2. The van der Waals surface area contributed by atoms with E-state index in [1.165, 1.54) is 5.56 Å². The Bertz CT molecular complexity index is 722. The highest BCUT2D eigenvalue weighted by Gasteiger charge is 2.22. The van der Waals surface area contributed by atoms with Gasteiger partial charge in [0, 0.05) is 29.2 Å². The molecule has 4 heteroatoms. The van der Waals surface area contributed by atoms with Crippen LogP contribution in [0.4, 0.5) is 0 Å². The molecule has 0 aromatic heterocycles. The van der Waals surface area contributed by atoms with Gasteiger partial charge in [0.15, 0.2) is 5.78 Å². The van der Waals surface area contributed by atoms with Crippen LogP contribution in [0.15, 0.2) is 47.4 Å². The van der Waals surface area contributed by atoms with Crippen molar-refractivity contribution in [2.45, 2.75) is 24.8 Å².